The van der Waals surface area contributed by atoms with Gasteiger partial charge in [-0.1, -0.05) is 6.92 Å². The molecule has 1 aromatic rings. The zero-order valence-corrected chi connectivity index (χ0v) is 11.8. The van der Waals surface area contributed by atoms with Crippen LogP contribution in [0.15, 0.2) is 18.2 Å². The molecule has 0 atom stereocenters. The molecule has 0 saturated heterocycles. The van der Waals surface area contributed by atoms with Crippen molar-refractivity contribution in [2.45, 2.75) is 13.3 Å². The number of hydrogen-bond acceptors (Lipinski definition) is 4. The number of carbonyl (C=O) groups excluding carboxylic acids is 1. The molecule has 5 heteroatoms. The SMILES string of the molecule is CCNCCNC(=O)Cc1cc(OC)ccc1OC. The second-order valence-corrected chi connectivity index (χ2v) is 4.06. The molecule has 0 aliphatic rings. The number of rotatable bonds is 8. The van der Waals surface area contributed by atoms with Crippen LogP contribution in [-0.4, -0.2) is 39.8 Å². The number of likely N-dealkylation sites (N-methyl/N-ethyl adjacent to an activating group) is 1. The van der Waals surface area contributed by atoms with E-state index in [2.05, 4.69) is 10.6 Å². The number of hydrogen-bond donors (Lipinski definition) is 2. The maximum Gasteiger partial charge on any atom is 0.224 e. The summed E-state index contributed by atoms with van der Waals surface area (Å²) in [6.07, 6.45) is 0.284. The van der Waals surface area contributed by atoms with E-state index in [1.165, 1.54) is 0 Å². The van der Waals surface area contributed by atoms with Gasteiger partial charge >= 0.3 is 0 Å². The van der Waals surface area contributed by atoms with Crippen LogP contribution < -0.4 is 20.1 Å². The van der Waals surface area contributed by atoms with Crippen molar-refractivity contribution in [3.8, 4) is 11.5 Å². The summed E-state index contributed by atoms with van der Waals surface area (Å²) in [5.74, 6) is 1.39. The summed E-state index contributed by atoms with van der Waals surface area (Å²) < 4.78 is 10.4. The second-order valence-electron chi connectivity index (χ2n) is 4.06. The third-order valence-electron chi connectivity index (χ3n) is 2.71. The van der Waals surface area contributed by atoms with Gasteiger partial charge in [0, 0.05) is 18.7 Å². The maximum absolute atomic E-state index is 11.8. The standard InChI is InChI=1S/C14H22N2O3/c1-4-15-7-8-16-14(17)10-11-9-12(18-2)5-6-13(11)19-3/h5-6,9,15H,4,7-8,10H2,1-3H3,(H,16,17). The van der Waals surface area contributed by atoms with Gasteiger partial charge in [0.2, 0.25) is 5.91 Å². The average Bonchev–Trinajstić information content (AvgIpc) is 2.43. The fraction of sp³-hybridized carbons (Fsp3) is 0.500. The van der Waals surface area contributed by atoms with Gasteiger partial charge in [-0.25, -0.2) is 0 Å². The highest BCUT2D eigenvalue weighted by molar-refractivity contribution is 5.79. The molecule has 0 fully saturated rings. The quantitative estimate of drug-likeness (QED) is 0.688. The van der Waals surface area contributed by atoms with Gasteiger partial charge in [0.15, 0.2) is 0 Å². The molecule has 0 aromatic heterocycles. The van der Waals surface area contributed by atoms with Crippen molar-refractivity contribution in [2.24, 2.45) is 0 Å². The summed E-state index contributed by atoms with van der Waals surface area (Å²) in [7, 11) is 3.19. The van der Waals surface area contributed by atoms with E-state index in [0.29, 0.717) is 12.3 Å². The lowest BCUT2D eigenvalue weighted by atomic mass is 10.1. The monoisotopic (exact) mass is 266 g/mol. The van der Waals surface area contributed by atoms with E-state index in [9.17, 15) is 4.79 Å². The zero-order chi connectivity index (χ0) is 14.1. The molecule has 0 aliphatic heterocycles. The molecular formula is C14H22N2O3. The highest BCUT2D eigenvalue weighted by Gasteiger charge is 2.09. The molecule has 19 heavy (non-hydrogen) atoms. The number of nitrogens with one attached hydrogen (secondary N) is 2. The first kappa shape index (κ1) is 15.3. The van der Waals surface area contributed by atoms with Crippen LogP contribution >= 0.6 is 0 Å². The molecule has 1 aromatic carbocycles. The molecule has 1 rings (SSSR count). The van der Waals surface area contributed by atoms with E-state index >= 15 is 0 Å². The Morgan fingerprint density at radius 3 is 2.63 bits per heavy atom. The summed E-state index contributed by atoms with van der Waals surface area (Å²) in [5, 5.41) is 6.01. The highest BCUT2D eigenvalue weighted by atomic mass is 16.5. The van der Waals surface area contributed by atoms with Crippen molar-refractivity contribution in [2.75, 3.05) is 33.9 Å². The van der Waals surface area contributed by atoms with Gasteiger partial charge < -0.3 is 20.1 Å². The largest absolute Gasteiger partial charge is 0.497 e. The molecular weight excluding hydrogens is 244 g/mol. The Labute approximate surface area is 114 Å². The average molecular weight is 266 g/mol. The van der Waals surface area contributed by atoms with Gasteiger partial charge in [-0.2, -0.15) is 0 Å². The number of methoxy groups -OCH3 is 2. The number of carbonyl (C=O) groups is 1. The van der Waals surface area contributed by atoms with Crippen LogP contribution in [0, 0.1) is 0 Å². The summed E-state index contributed by atoms with van der Waals surface area (Å²) in [4.78, 5) is 11.8. The molecule has 0 bridgehead atoms. The first-order valence-electron chi connectivity index (χ1n) is 6.39. The van der Waals surface area contributed by atoms with E-state index in [0.717, 1.165) is 24.4 Å². The molecule has 106 valence electrons. The molecule has 1 amide bonds. The van der Waals surface area contributed by atoms with Crippen molar-refractivity contribution in [1.29, 1.82) is 0 Å². The minimum atomic E-state index is -0.0237. The predicted octanol–water partition coefficient (Wildman–Crippen LogP) is 0.972. The minimum absolute atomic E-state index is 0.0237. The molecule has 0 unspecified atom stereocenters. The molecule has 0 aliphatic carbocycles. The Hall–Kier alpha value is -1.75. The van der Waals surface area contributed by atoms with Crippen molar-refractivity contribution >= 4 is 5.91 Å². The fourth-order valence-corrected chi connectivity index (χ4v) is 1.72. The minimum Gasteiger partial charge on any atom is -0.497 e. The maximum atomic E-state index is 11.8. The van der Waals surface area contributed by atoms with E-state index in [4.69, 9.17) is 9.47 Å². The van der Waals surface area contributed by atoms with Crippen molar-refractivity contribution in [1.82, 2.24) is 10.6 Å². The van der Waals surface area contributed by atoms with Crippen molar-refractivity contribution < 1.29 is 14.3 Å². The van der Waals surface area contributed by atoms with Crippen LogP contribution in [0.1, 0.15) is 12.5 Å². The van der Waals surface area contributed by atoms with Crippen molar-refractivity contribution in [3.63, 3.8) is 0 Å². The summed E-state index contributed by atoms with van der Waals surface area (Å²) in [5.41, 5.74) is 0.822. The molecule has 0 radical (unpaired) electrons. The smallest absolute Gasteiger partial charge is 0.224 e. The second kappa shape index (κ2) is 8.37. The lowest BCUT2D eigenvalue weighted by Gasteiger charge is -2.11. The van der Waals surface area contributed by atoms with E-state index in [-0.39, 0.29) is 12.3 Å². The van der Waals surface area contributed by atoms with E-state index < -0.39 is 0 Å². The molecule has 0 heterocycles. The van der Waals surface area contributed by atoms with Gasteiger partial charge in [0.05, 0.1) is 20.6 Å². The molecule has 2 N–H and O–H groups in total. The van der Waals surface area contributed by atoms with Crippen LogP contribution in [0.3, 0.4) is 0 Å². The third kappa shape index (κ3) is 5.18. The Bertz CT molecular complexity index is 408. The van der Waals surface area contributed by atoms with Gasteiger partial charge in [-0.3, -0.25) is 4.79 Å². The number of ether oxygens (including phenoxy) is 2. The third-order valence-corrected chi connectivity index (χ3v) is 2.71. The van der Waals surface area contributed by atoms with E-state index in [1.807, 2.05) is 19.1 Å². The van der Waals surface area contributed by atoms with Crippen LogP contribution in [-0.2, 0) is 11.2 Å². The van der Waals surface area contributed by atoms with Crippen LogP contribution in [0.2, 0.25) is 0 Å². The fourth-order valence-electron chi connectivity index (χ4n) is 1.72. The molecule has 0 spiro atoms. The Balaban J connectivity index is 2.56. The van der Waals surface area contributed by atoms with Crippen LogP contribution in [0.25, 0.3) is 0 Å². The molecule has 0 saturated carbocycles. The van der Waals surface area contributed by atoms with Gasteiger partial charge in [0.1, 0.15) is 11.5 Å². The lowest BCUT2D eigenvalue weighted by Crippen LogP contribution is -2.32. The zero-order valence-electron chi connectivity index (χ0n) is 11.8. The summed E-state index contributed by atoms with van der Waals surface area (Å²) >= 11 is 0. The Morgan fingerprint density at radius 1 is 1.21 bits per heavy atom. The molecule has 5 nitrogen and oxygen atoms in total. The van der Waals surface area contributed by atoms with Gasteiger partial charge in [-0.15, -0.1) is 0 Å². The first-order chi connectivity index (χ1) is 9.21. The Morgan fingerprint density at radius 2 is 2.00 bits per heavy atom. The highest BCUT2D eigenvalue weighted by Crippen LogP contribution is 2.24. The summed E-state index contributed by atoms with van der Waals surface area (Å²) in [6, 6.07) is 5.44. The topological polar surface area (TPSA) is 59.6 Å². The van der Waals surface area contributed by atoms with Crippen LogP contribution in [0.4, 0.5) is 0 Å². The van der Waals surface area contributed by atoms with Gasteiger partial charge in [0.25, 0.3) is 0 Å². The normalized spacial score (nSPS) is 10.1. The van der Waals surface area contributed by atoms with E-state index in [1.54, 1.807) is 20.3 Å². The van der Waals surface area contributed by atoms with Gasteiger partial charge in [-0.05, 0) is 24.7 Å². The first-order valence-corrected chi connectivity index (χ1v) is 6.39. The number of amides is 1. The lowest BCUT2D eigenvalue weighted by molar-refractivity contribution is -0.120. The summed E-state index contributed by atoms with van der Waals surface area (Å²) in [6.45, 7) is 4.33. The predicted molar refractivity (Wildman–Crippen MR) is 74.8 cm³/mol. The number of benzene rings is 1. The van der Waals surface area contributed by atoms with Crippen molar-refractivity contribution in [3.05, 3.63) is 23.8 Å². The van der Waals surface area contributed by atoms with Crippen LogP contribution in [0.5, 0.6) is 11.5 Å². The Kier molecular flexibility index (Phi) is 6.74.